The second-order valence-electron chi connectivity index (χ2n) is 5.97. The van der Waals surface area contributed by atoms with Crippen molar-refractivity contribution in [2.75, 3.05) is 7.11 Å². The van der Waals surface area contributed by atoms with Gasteiger partial charge in [-0.2, -0.15) is 0 Å². The minimum absolute atomic E-state index is 0.836. The third kappa shape index (κ3) is 3.88. The average Bonchev–Trinajstić information content (AvgIpc) is 2.46. The van der Waals surface area contributed by atoms with Gasteiger partial charge in [0, 0.05) is 5.56 Å². The van der Waals surface area contributed by atoms with E-state index in [1.165, 1.54) is 22.3 Å². The molecule has 0 aliphatic carbocycles. The lowest BCUT2D eigenvalue weighted by Crippen LogP contribution is -1.96. The molecule has 0 fully saturated rings. The van der Waals surface area contributed by atoms with E-state index in [4.69, 9.17) is 4.74 Å². The molecule has 22 heavy (non-hydrogen) atoms. The molecule has 1 nitrogen and oxygen atoms in total. The van der Waals surface area contributed by atoms with Crippen LogP contribution in [0.1, 0.15) is 25.0 Å². The highest BCUT2D eigenvalue weighted by Gasteiger charge is 2.11. The topological polar surface area (TPSA) is 9.23 Å². The van der Waals surface area contributed by atoms with Crippen molar-refractivity contribution in [1.82, 2.24) is 0 Å². The molecule has 0 aliphatic heterocycles. The molecular weight excluding hydrogens is 268 g/mol. The number of ether oxygens (including phenoxy) is 1. The maximum atomic E-state index is 5.69. The van der Waals surface area contributed by atoms with Gasteiger partial charge in [-0.25, -0.2) is 0 Å². The summed E-state index contributed by atoms with van der Waals surface area (Å²) >= 11 is 0. The first kappa shape index (κ1) is 16.1. The summed E-state index contributed by atoms with van der Waals surface area (Å²) in [5, 5.41) is 0. The number of benzene rings is 2. The Balaban J connectivity index is 2.48. The summed E-state index contributed by atoms with van der Waals surface area (Å²) in [4.78, 5) is 0. The number of para-hydroxylation sites is 1. The predicted octanol–water partition coefficient (Wildman–Crippen LogP) is 5.60. The van der Waals surface area contributed by atoms with Crippen LogP contribution in [0.15, 0.2) is 66.8 Å². The Morgan fingerprint density at radius 2 is 1.64 bits per heavy atom. The van der Waals surface area contributed by atoms with E-state index in [-0.39, 0.29) is 0 Å². The van der Waals surface area contributed by atoms with Crippen molar-refractivity contribution in [3.8, 4) is 16.9 Å². The van der Waals surface area contributed by atoms with Gasteiger partial charge in [-0.3, -0.25) is 0 Å². The number of methoxy groups -OCH3 is 1. The zero-order valence-electron chi connectivity index (χ0n) is 13.8. The van der Waals surface area contributed by atoms with E-state index >= 15 is 0 Å². The van der Waals surface area contributed by atoms with Crippen LogP contribution in [0.4, 0.5) is 0 Å². The predicted molar refractivity (Wildman–Crippen MR) is 95.5 cm³/mol. The maximum absolute atomic E-state index is 5.69. The Bertz CT molecular complexity index is 695. The highest BCUT2D eigenvalue weighted by Crippen LogP contribution is 2.34. The van der Waals surface area contributed by atoms with Crippen molar-refractivity contribution in [1.29, 1.82) is 0 Å². The third-order valence-electron chi connectivity index (χ3n) is 3.54. The van der Waals surface area contributed by atoms with Crippen LogP contribution in [-0.4, -0.2) is 7.11 Å². The van der Waals surface area contributed by atoms with Gasteiger partial charge in [0.25, 0.3) is 0 Å². The standard InChI is InChI=1S/C21H24O/c1-15(2)12-17-8-6-9-18(14-17)20-11-7-10-19(13-16(3)4)21(20)22-5/h6-11,14H,1,3,12-13H2,2,4-5H3. The molecule has 2 aromatic carbocycles. The summed E-state index contributed by atoms with van der Waals surface area (Å²) in [6, 6.07) is 14.9. The summed E-state index contributed by atoms with van der Waals surface area (Å²) in [6.07, 6.45) is 1.74. The summed E-state index contributed by atoms with van der Waals surface area (Å²) in [6.45, 7) is 12.1. The molecule has 0 N–H and O–H groups in total. The molecule has 0 amide bonds. The molecular formula is C21H24O. The minimum Gasteiger partial charge on any atom is -0.496 e. The summed E-state index contributed by atoms with van der Waals surface area (Å²) in [7, 11) is 1.73. The van der Waals surface area contributed by atoms with Crippen molar-refractivity contribution in [2.24, 2.45) is 0 Å². The molecule has 0 atom stereocenters. The van der Waals surface area contributed by atoms with Gasteiger partial charge in [0.2, 0.25) is 0 Å². The Morgan fingerprint density at radius 1 is 0.955 bits per heavy atom. The van der Waals surface area contributed by atoms with E-state index in [9.17, 15) is 0 Å². The molecule has 1 heteroatoms. The first-order valence-corrected chi connectivity index (χ1v) is 7.55. The van der Waals surface area contributed by atoms with Gasteiger partial charge in [-0.05, 0) is 43.4 Å². The minimum atomic E-state index is 0.836. The van der Waals surface area contributed by atoms with Crippen LogP contribution < -0.4 is 4.74 Å². The molecule has 0 spiro atoms. The first-order valence-electron chi connectivity index (χ1n) is 7.55. The van der Waals surface area contributed by atoms with Crippen LogP contribution in [0.3, 0.4) is 0 Å². The van der Waals surface area contributed by atoms with Crippen LogP contribution in [0.25, 0.3) is 11.1 Å². The Labute approximate surface area is 134 Å². The second-order valence-corrected chi connectivity index (χ2v) is 5.97. The Morgan fingerprint density at radius 3 is 2.27 bits per heavy atom. The molecule has 2 aromatic rings. The molecule has 0 unspecified atom stereocenters. The van der Waals surface area contributed by atoms with Gasteiger partial charge in [-0.1, -0.05) is 66.8 Å². The van der Waals surface area contributed by atoms with Crippen LogP contribution in [-0.2, 0) is 12.8 Å². The van der Waals surface area contributed by atoms with Crippen molar-refractivity contribution in [3.63, 3.8) is 0 Å². The van der Waals surface area contributed by atoms with Crippen molar-refractivity contribution < 1.29 is 4.74 Å². The van der Waals surface area contributed by atoms with E-state index in [2.05, 4.69) is 62.5 Å². The monoisotopic (exact) mass is 292 g/mol. The van der Waals surface area contributed by atoms with E-state index in [1.54, 1.807) is 7.11 Å². The molecule has 114 valence electrons. The number of hydrogen-bond acceptors (Lipinski definition) is 1. The molecule has 0 heterocycles. The van der Waals surface area contributed by atoms with Crippen LogP contribution in [0, 0.1) is 0 Å². The quantitative estimate of drug-likeness (QED) is 0.630. The fourth-order valence-electron chi connectivity index (χ4n) is 2.71. The SMILES string of the molecule is C=C(C)Cc1cccc(-c2cccc(CC(=C)C)c2OC)c1. The van der Waals surface area contributed by atoms with E-state index in [1.807, 2.05) is 6.92 Å². The van der Waals surface area contributed by atoms with Crippen molar-refractivity contribution in [2.45, 2.75) is 26.7 Å². The number of allylic oxidation sites excluding steroid dienone is 2. The molecule has 2 rings (SSSR count). The lowest BCUT2D eigenvalue weighted by Gasteiger charge is -2.14. The highest BCUT2D eigenvalue weighted by atomic mass is 16.5. The summed E-state index contributed by atoms with van der Waals surface area (Å²) < 4.78 is 5.69. The molecule has 0 bridgehead atoms. The summed E-state index contributed by atoms with van der Waals surface area (Å²) in [5.41, 5.74) is 7.06. The van der Waals surface area contributed by atoms with E-state index in [0.717, 1.165) is 29.7 Å². The van der Waals surface area contributed by atoms with Gasteiger partial charge in [0.1, 0.15) is 5.75 Å². The largest absolute Gasteiger partial charge is 0.496 e. The van der Waals surface area contributed by atoms with Gasteiger partial charge in [0.05, 0.1) is 7.11 Å². The van der Waals surface area contributed by atoms with Crippen molar-refractivity contribution in [3.05, 3.63) is 77.9 Å². The highest BCUT2D eigenvalue weighted by molar-refractivity contribution is 5.73. The van der Waals surface area contributed by atoms with Crippen molar-refractivity contribution >= 4 is 0 Å². The molecule has 0 aliphatic rings. The lowest BCUT2D eigenvalue weighted by molar-refractivity contribution is 0.412. The van der Waals surface area contributed by atoms with Gasteiger partial charge >= 0.3 is 0 Å². The van der Waals surface area contributed by atoms with Crippen LogP contribution in [0.2, 0.25) is 0 Å². The fourth-order valence-corrected chi connectivity index (χ4v) is 2.71. The molecule has 0 saturated heterocycles. The lowest BCUT2D eigenvalue weighted by atomic mass is 9.96. The Hall–Kier alpha value is -2.28. The molecule has 0 radical (unpaired) electrons. The average molecular weight is 292 g/mol. The zero-order chi connectivity index (χ0) is 16.1. The molecule has 0 aromatic heterocycles. The number of hydrogen-bond donors (Lipinski definition) is 0. The molecule has 0 saturated carbocycles. The Kier molecular flexibility index (Phi) is 5.21. The van der Waals surface area contributed by atoms with Gasteiger partial charge < -0.3 is 4.74 Å². The summed E-state index contributed by atoms with van der Waals surface area (Å²) in [5.74, 6) is 0.943. The van der Waals surface area contributed by atoms with Gasteiger partial charge in [-0.15, -0.1) is 0 Å². The third-order valence-corrected chi connectivity index (χ3v) is 3.54. The fraction of sp³-hybridized carbons (Fsp3) is 0.238. The smallest absolute Gasteiger partial charge is 0.130 e. The zero-order valence-corrected chi connectivity index (χ0v) is 13.8. The van der Waals surface area contributed by atoms with Crippen LogP contribution >= 0.6 is 0 Å². The maximum Gasteiger partial charge on any atom is 0.130 e. The van der Waals surface area contributed by atoms with Gasteiger partial charge in [0.15, 0.2) is 0 Å². The van der Waals surface area contributed by atoms with Crippen LogP contribution in [0.5, 0.6) is 5.75 Å². The van der Waals surface area contributed by atoms with E-state index < -0.39 is 0 Å². The first-order chi connectivity index (χ1) is 10.5. The van der Waals surface area contributed by atoms with E-state index in [0.29, 0.717) is 0 Å². The number of rotatable bonds is 6. The normalized spacial score (nSPS) is 10.3. The second kappa shape index (κ2) is 7.13.